The summed E-state index contributed by atoms with van der Waals surface area (Å²) in [6.07, 6.45) is 1.83. The summed E-state index contributed by atoms with van der Waals surface area (Å²) in [5, 5.41) is 4.17. The lowest BCUT2D eigenvalue weighted by molar-refractivity contribution is 0.508. The molecule has 0 aliphatic carbocycles. The van der Waals surface area contributed by atoms with Gasteiger partial charge in [-0.25, -0.2) is 9.98 Å². The number of aromatic nitrogens is 1. The molecule has 1 aromatic heterocycles. The summed E-state index contributed by atoms with van der Waals surface area (Å²) in [4.78, 5) is 8.74. The zero-order valence-corrected chi connectivity index (χ0v) is 14.1. The number of guanidine groups is 1. The number of hydrogen-bond donors (Lipinski definition) is 2. The lowest BCUT2D eigenvalue weighted by atomic mass is 10.1. The van der Waals surface area contributed by atoms with Gasteiger partial charge in [0.1, 0.15) is 0 Å². The normalized spacial score (nSPS) is 13.4. The van der Waals surface area contributed by atoms with Crippen LogP contribution in [0.25, 0.3) is 0 Å². The predicted octanol–water partition coefficient (Wildman–Crippen LogP) is 3.18. The van der Waals surface area contributed by atoms with Crippen LogP contribution in [-0.2, 0) is 6.54 Å². The number of rotatable bonds is 3. The highest BCUT2D eigenvalue weighted by atomic mass is 32.2. The molecule has 20 heavy (non-hydrogen) atoms. The van der Waals surface area contributed by atoms with Crippen LogP contribution in [0.5, 0.6) is 0 Å². The van der Waals surface area contributed by atoms with Gasteiger partial charge in [0.2, 0.25) is 0 Å². The van der Waals surface area contributed by atoms with E-state index in [-0.39, 0.29) is 10.3 Å². The molecule has 0 spiro atoms. The zero-order valence-electron chi connectivity index (χ0n) is 13.3. The van der Waals surface area contributed by atoms with Crippen molar-refractivity contribution in [3.63, 3.8) is 0 Å². The maximum atomic E-state index is 5.87. The summed E-state index contributed by atoms with van der Waals surface area (Å²) >= 11 is 1.75. The van der Waals surface area contributed by atoms with Gasteiger partial charge in [-0.1, -0.05) is 20.8 Å². The van der Waals surface area contributed by atoms with Crippen molar-refractivity contribution in [2.75, 3.05) is 0 Å². The maximum absolute atomic E-state index is 5.87. The van der Waals surface area contributed by atoms with Gasteiger partial charge in [0.15, 0.2) is 5.96 Å². The Hall–Kier alpha value is -1.23. The molecule has 0 bridgehead atoms. The van der Waals surface area contributed by atoms with Crippen LogP contribution in [0.4, 0.5) is 0 Å². The molecular formula is C15H26N4S. The third kappa shape index (κ3) is 7.38. The Kier molecular flexibility index (Phi) is 5.45. The standard InChI is InChI=1S/C15H26N4S/c1-14(2,3)19-13(16)18-10-11-7-8-17-12(9-11)20-15(4,5)6/h7-9H,10H2,1-6H3,(H3,16,18,19). The molecule has 5 heteroatoms. The number of aliphatic imine (C=N–C) groups is 1. The summed E-state index contributed by atoms with van der Waals surface area (Å²) in [5.74, 6) is 0.472. The molecule has 3 N–H and O–H groups in total. The van der Waals surface area contributed by atoms with E-state index < -0.39 is 0 Å². The van der Waals surface area contributed by atoms with E-state index in [0.29, 0.717) is 12.5 Å². The number of pyridine rings is 1. The Balaban J connectivity index is 2.69. The fourth-order valence-electron chi connectivity index (χ4n) is 1.52. The van der Waals surface area contributed by atoms with E-state index in [4.69, 9.17) is 5.73 Å². The van der Waals surface area contributed by atoms with Crippen LogP contribution in [0.15, 0.2) is 28.3 Å². The monoisotopic (exact) mass is 294 g/mol. The number of hydrogen-bond acceptors (Lipinski definition) is 3. The number of nitrogens with two attached hydrogens (primary N) is 1. The van der Waals surface area contributed by atoms with Crippen molar-refractivity contribution in [1.29, 1.82) is 0 Å². The summed E-state index contributed by atoms with van der Waals surface area (Å²) in [5.41, 5.74) is 6.91. The number of nitrogens with one attached hydrogen (secondary N) is 1. The first-order valence-electron chi connectivity index (χ1n) is 6.77. The third-order valence-electron chi connectivity index (χ3n) is 2.15. The molecule has 0 saturated heterocycles. The maximum Gasteiger partial charge on any atom is 0.189 e. The molecule has 0 aromatic carbocycles. The molecule has 0 saturated carbocycles. The van der Waals surface area contributed by atoms with Gasteiger partial charge < -0.3 is 11.1 Å². The van der Waals surface area contributed by atoms with Crippen LogP contribution in [0, 0.1) is 0 Å². The van der Waals surface area contributed by atoms with Gasteiger partial charge >= 0.3 is 0 Å². The molecule has 0 unspecified atom stereocenters. The molecule has 0 radical (unpaired) electrons. The van der Waals surface area contributed by atoms with Crippen molar-refractivity contribution in [2.24, 2.45) is 10.7 Å². The van der Waals surface area contributed by atoms with Crippen molar-refractivity contribution in [2.45, 2.75) is 63.4 Å². The Morgan fingerprint density at radius 2 is 1.95 bits per heavy atom. The molecule has 0 aliphatic heterocycles. The average molecular weight is 294 g/mol. The largest absolute Gasteiger partial charge is 0.370 e. The molecule has 1 heterocycles. The first-order valence-corrected chi connectivity index (χ1v) is 7.59. The van der Waals surface area contributed by atoms with Gasteiger partial charge in [-0.15, -0.1) is 11.8 Å². The summed E-state index contributed by atoms with van der Waals surface area (Å²) in [7, 11) is 0. The summed E-state index contributed by atoms with van der Waals surface area (Å²) < 4.78 is 0.154. The van der Waals surface area contributed by atoms with Gasteiger partial charge in [-0.05, 0) is 38.5 Å². The van der Waals surface area contributed by atoms with Gasteiger partial charge in [-0.2, -0.15) is 0 Å². The second-order valence-electron chi connectivity index (χ2n) is 6.79. The third-order valence-corrected chi connectivity index (χ3v) is 3.19. The van der Waals surface area contributed by atoms with Crippen LogP contribution in [0.1, 0.15) is 47.1 Å². The van der Waals surface area contributed by atoms with Crippen LogP contribution in [-0.4, -0.2) is 21.2 Å². The van der Waals surface area contributed by atoms with Crippen molar-refractivity contribution in [3.8, 4) is 0 Å². The van der Waals surface area contributed by atoms with Crippen LogP contribution in [0.2, 0.25) is 0 Å². The predicted molar refractivity (Wildman–Crippen MR) is 88.1 cm³/mol. The van der Waals surface area contributed by atoms with Crippen LogP contribution < -0.4 is 11.1 Å². The van der Waals surface area contributed by atoms with Gasteiger partial charge in [0.05, 0.1) is 11.6 Å². The molecular weight excluding hydrogens is 268 g/mol. The smallest absolute Gasteiger partial charge is 0.189 e. The van der Waals surface area contributed by atoms with Crippen molar-refractivity contribution >= 4 is 17.7 Å². The molecule has 4 nitrogen and oxygen atoms in total. The van der Waals surface area contributed by atoms with E-state index >= 15 is 0 Å². The lowest BCUT2D eigenvalue weighted by Gasteiger charge is -2.21. The highest BCUT2D eigenvalue weighted by molar-refractivity contribution is 8.00. The van der Waals surface area contributed by atoms with Gasteiger partial charge in [0, 0.05) is 16.5 Å². The van der Waals surface area contributed by atoms with Crippen molar-refractivity contribution in [1.82, 2.24) is 10.3 Å². The minimum Gasteiger partial charge on any atom is -0.370 e. The van der Waals surface area contributed by atoms with Crippen molar-refractivity contribution in [3.05, 3.63) is 23.9 Å². The van der Waals surface area contributed by atoms with Crippen LogP contribution in [0.3, 0.4) is 0 Å². The minimum atomic E-state index is -0.0704. The average Bonchev–Trinajstić information content (AvgIpc) is 2.22. The lowest BCUT2D eigenvalue weighted by Crippen LogP contribution is -2.44. The van der Waals surface area contributed by atoms with Crippen LogP contribution >= 0.6 is 11.8 Å². The number of thioether (sulfide) groups is 1. The first-order chi connectivity index (χ1) is 9.05. The highest BCUT2D eigenvalue weighted by Crippen LogP contribution is 2.30. The topological polar surface area (TPSA) is 63.3 Å². The fourth-order valence-corrected chi connectivity index (χ4v) is 2.47. The van der Waals surface area contributed by atoms with E-state index in [1.54, 1.807) is 11.8 Å². The Bertz CT molecular complexity index is 469. The molecule has 1 rings (SSSR count). The van der Waals surface area contributed by atoms with Crippen molar-refractivity contribution < 1.29 is 0 Å². The molecule has 1 aromatic rings. The van der Waals surface area contributed by atoms with Gasteiger partial charge in [0.25, 0.3) is 0 Å². The second-order valence-corrected chi connectivity index (χ2v) is 8.64. The van der Waals surface area contributed by atoms with E-state index in [0.717, 1.165) is 10.6 Å². The molecule has 0 atom stereocenters. The molecule has 0 amide bonds. The van der Waals surface area contributed by atoms with E-state index in [2.05, 4.69) is 62.9 Å². The quantitative estimate of drug-likeness (QED) is 0.510. The van der Waals surface area contributed by atoms with E-state index in [1.807, 2.05) is 12.3 Å². The van der Waals surface area contributed by atoms with Gasteiger partial charge in [-0.3, -0.25) is 0 Å². The molecule has 112 valence electrons. The Morgan fingerprint density at radius 3 is 2.50 bits per heavy atom. The Labute approximate surface area is 126 Å². The number of nitrogens with zero attached hydrogens (tertiary/aromatic N) is 2. The summed E-state index contributed by atoms with van der Waals surface area (Å²) in [6.45, 7) is 13.3. The fraction of sp³-hybridized carbons (Fsp3) is 0.600. The second kappa shape index (κ2) is 6.48. The SMILES string of the molecule is CC(C)(C)NC(N)=NCc1ccnc(SC(C)(C)C)c1. The summed E-state index contributed by atoms with van der Waals surface area (Å²) in [6, 6.07) is 4.05. The highest BCUT2D eigenvalue weighted by Gasteiger charge is 2.13. The molecule has 0 aliphatic rings. The zero-order chi connectivity index (χ0) is 15.4. The molecule has 0 fully saturated rings. The van der Waals surface area contributed by atoms with E-state index in [1.165, 1.54) is 0 Å². The van der Waals surface area contributed by atoms with E-state index in [9.17, 15) is 0 Å². The Morgan fingerprint density at radius 1 is 1.30 bits per heavy atom. The minimum absolute atomic E-state index is 0.0704. The first kappa shape index (κ1) is 16.8.